The van der Waals surface area contributed by atoms with Crippen molar-refractivity contribution in [1.29, 1.82) is 0 Å². The van der Waals surface area contributed by atoms with Crippen molar-refractivity contribution in [2.75, 3.05) is 18.5 Å². The fraction of sp³-hybridized carbons (Fsp3) is 0.476. The number of amides is 1. The van der Waals surface area contributed by atoms with Crippen molar-refractivity contribution in [1.82, 2.24) is 19.6 Å². The molecule has 170 valence electrons. The van der Waals surface area contributed by atoms with Crippen molar-refractivity contribution in [2.45, 2.75) is 51.0 Å². The molecule has 2 atom stereocenters. The SMILES string of the molecule is O=C(O)Nc1cc(Cl)c(Cl)c2nn(C3CCCCO3)c(-c3cnn(C4CCCCO4)c3)c12. The molecule has 11 heteroatoms. The Morgan fingerprint density at radius 2 is 1.84 bits per heavy atom. The number of nitrogens with one attached hydrogen (secondary N) is 1. The van der Waals surface area contributed by atoms with Crippen molar-refractivity contribution < 1.29 is 19.4 Å². The lowest BCUT2D eigenvalue weighted by Gasteiger charge is -2.24. The van der Waals surface area contributed by atoms with Crippen molar-refractivity contribution in [2.24, 2.45) is 0 Å². The van der Waals surface area contributed by atoms with Crippen LogP contribution in [0.15, 0.2) is 18.5 Å². The van der Waals surface area contributed by atoms with E-state index in [2.05, 4.69) is 10.4 Å². The first-order chi connectivity index (χ1) is 15.5. The Balaban J connectivity index is 1.70. The average molecular weight is 480 g/mol. The van der Waals surface area contributed by atoms with E-state index in [0.717, 1.165) is 44.1 Å². The highest BCUT2D eigenvalue weighted by atomic mass is 35.5. The summed E-state index contributed by atoms with van der Waals surface area (Å²) in [5.41, 5.74) is 2.16. The van der Waals surface area contributed by atoms with E-state index in [1.807, 2.05) is 6.20 Å². The van der Waals surface area contributed by atoms with Gasteiger partial charge in [0.2, 0.25) is 0 Å². The van der Waals surface area contributed by atoms with E-state index in [4.69, 9.17) is 37.8 Å². The highest BCUT2D eigenvalue weighted by Gasteiger charge is 2.28. The predicted octanol–water partition coefficient (Wildman–Crippen LogP) is 5.69. The van der Waals surface area contributed by atoms with Gasteiger partial charge >= 0.3 is 6.09 Å². The summed E-state index contributed by atoms with van der Waals surface area (Å²) in [5.74, 6) is 0. The monoisotopic (exact) mass is 479 g/mol. The summed E-state index contributed by atoms with van der Waals surface area (Å²) in [6.07, 6.45) is 7.80. The van der Waals surface area contributed by atoms with Crippen LogP contribution in [0.3, 0.4) is 0 Å². The molecule has 0 radical (unpaired) electrons. The van der Waals surface area contributed by atoms with Gasteiger partial charge in [0.15, 0.2) is 6.23 Å². The quantitative estimate of drug-likeness (QED) is 0.497. The molecule has 2 aliphatic heterocycles. The number of fused-ring (bicyclic) bond motifs is 1. The number of carbonyl (C=O) groups is 1. The number of benzene rings is 1. The van der Waals surface area contributed by atoms with Gasteiger partial charge in [-0.15, -0.1) is 0 Å². The number of rotatable bonds is 4. The number of hydrogen-bond acceptors (Lipinski definition) is 5. The van der Waals surface area contributed by atoms with E-state index in [1.165, 1.54) is 6.07 Å². The third-order valence-electron chi connectivity index (χ3n) is 5.86. The summed E-state index contributed by atoms with van der Waals surface area (Å²) in [4.78, 5) is 11.5. The Morgan fingerprint density at radius 3 is 2.50 bits per heavy atom. The molecule has 2 unspecified atom stereocenters. The zero-order chi connectivity index (χ0) is 22.2. The summed E-state index contributed by atoms with van der Waals surface area (Å²) in [6.45, 7) is 1.33. The van der Waals surface area contributed by atoms with Gasteiger partial charge in [-0.2, -0.15) is 10.2 Å². The third-order valence-corrected chi connectivity index (χ3v) is 6.64. The number of aromatic nitrogens is 4. The van der Waals surface area contributed by atoms with Gasteiger partial charge in [-0.25, -0.2) is 14.2 Å². The molecule has 1 amide bonds. The normalized spacial score (nSPS) is 21.7. The molecule has 3 aromatic rings. The highest BCUT2D eigenvalue weighted by molar-refractivity contribution is 6.46. The smallest absolute Gasteiger partial charge is 0.409 e. The molecular formula is C21H23Cl2N5O4. The van der Waals surface area contributed by atoms with Crippen LogP contribution in [0.2, 0.25) is 10.0 Å². The van der Waals surface area contributed by atoms with Crippen LogP contribution in [-0.4, -0.2) is 44.0 Å². The maximum atomic E-state index is 11.5. The summed E-state index contributed by atoms with van der Waals surface area (Å²) in [6, 6.07) is 1.51. The maximum Gasteiger partial charge on any atom is 0.409 e. The molecule has 0 saturated carbocycles. The summed E-state index contributed by atoms with van der Waals surface area (Å²) in [5, 5.41) is 22.1. The predicted molar refractivity (Wildman–Crippen MR) is 120 cm³/mol. The van der Waals surface area contributed by atoms with Gasteiger partial charge in [0.05, 0.1) is 33.0 Å². The minimum absolute atomic E-state index is 0.124. The lowest BCUT2D eigenvalue weighted by Crippen LogP contribution is -2.20. The van der Waals surface area contributed by atoms with E-state index in [1.54, 1.807) is 15.6 Å². The highest BCUT2D eigenvalue weighted by Crippen LogP contribution is 2.43. The Hall–Kier alpha value is -2.33. The van der Waals surface area contributed by atoms with E-state index in [-0.39, 0.29) is 22.5 Å². The maximum absolute atomic E-state index is 11.5. The van der Waals surface area contributed by atoms with Crippen molar-refractivity contribution in [3.63, 3.8) is 0 Å². The van der Waals surface area contributed by atoms with Crippen LogP contribution in [-0.2, 0) is 9.47 Å². The van der Waals surface area contributed by atoms with Crippen LogP contribution in [0.1, 0.15) is 51.0 Å². The topological polar surface area (TPSA) is 103 Å². The van der Waals surface area contributed by atoms with Crippen LogP contribution in [0, 0.1) is 0 Å². The molecule has 1 aromatic carbocycles. The summed E-state index contributed by atoms with van der Waals surface area (Å²) < 4.78 is 15.5. The summed E-state index contributed by atoms with van der Waals surface area (Å²) >= 11 is 12.8. The van der Waals surface area contributed by atoms with Crippen LogP contribution < -0.4 is 5.32 Å². The minimum atomic E-state index is -1.20. The number of nitrogens with zero attached hydrogens (tertiary/aromatic N) is 4. The zero-order valence-electron chi connectivity index (χ0n) is 17.3. The van der Waals surface area contributed by atoms with Gasteiger partial charge in [0, 0.05) is 25.0 Å². The van der Waals surface area contributed by atoms with E-state index in [0.29, 0.717) is 35.5 Å². The molecule has 4 heterocycles. The van der Waals surface area contributed by atoms with Gasteiger partial charge in [0.1, 0.15) is 11.7 Å². The van der Waals surface area contributed by atoms with Crippen molar-refractivity contribution in [3.8, 4) is 11.3 Å². The Labute approximate surface area is 194 Å². The Morgan fingerprint density at radius 1 is 1.12 bits per heavy atom. The van der Waals surface area contributed by atoms with Gasteiger partial charge in [0.25, 0.3) is 0 Å². The number of halogens is 2. The van der Waals surface area contributed by atoms with Gasteiger partial charge in [-0.3, -0.25) is 5.32 Å². The lowest BCUT2D eigenvalue weighted by molar-refractivity contribution is -0.0395. The third kappa shape index (κ3) is 3.94. The van der Waals surface area contributed by atoms with E-state index < -0.39 is 6.09 Å². The van der Waals surface area contributed by atoms with Crippen LogP contribution in [0.4, 0.5) is 10.5 Å². The zero-order valence-corrected chi connectivity index (χ0v) is 18.8. The lowest BCUT2D eigenvalue weighted by atomic mass is 10.1. The molecule has 2 aliphatic rings. The molecule has 5 rings (SSSR count). The molecule has 9 nitrogen and oxygen atoms in total. The molecule has 0 spiro atoms. The number of anilines is 1. The molecule has 0 aliphatic carbocycles. The second-order valence-corrected chi connectivity index (χ2v) is 8.80. The number of hydrogen-bond donors (Lipinski definition) is 2. The molecule has 2 aromatic heterocycles. The second kappa shape index (κ2) is 8.90. The first-order valence-electron chi connectivity index (χ1n) is 10.7. The summed E-state index contributed by atoms with van der Waals surface area (Å²) in [7, 11) is 0. The standard InChI is InChI=1S/C21H23Cl2N5O4/c22-13-9-14(25-21(29)30)17-19(18(13)23)26-28(16-6-2-4-8-32-16)20(17)12-10-24-27(11-12)15-5-1-3-7-31-15/h9-11,15-16,25H,1-8H2,(H,29,30). The molecule has 2 N–H and O–H groups in total. The van der Waals surface area contributed by atoms with Gasteiger partial charge < -0.3 is 14.6 Å². The first-order valence-corrected chi connectivity index (χ1v) is 11.5. The van der Waals surface area contributed by atoms with Crippen LogP contribution in [0.5, 0.6) is 0 Å². The van der Waals surface area contributed by atoms with Crippen molar-refractivity contribution in [3.05, 3.63) is 28.5 Å². The van der Waals surface area contributed by atoms with Gasteiger partial charge in [-0.05, 0) is 44.6 Å². The Kier molecular flexibility index (Phi) is 5.98. The van der Waals surface area contributed by atoms with Crippen LogP contribution >= 0.6 is 23.2 Å². The Bertz CT molecular complexity index is 1150. The average Bonchev–Trinajstić information content (AvgIpc) is 3.43. The van der Waals surface area contributed by atoms with Crippen molar-refractivity contribution >= 4 is 45.9 Å². The molecule has 2 saturated heterocycles. The fourth-order valence-electron chi connectivity index (χ4n) is 4.38. The molecule has 2 fully saturated rings. The van der Waals surface area contributed by atoms with E-state index >= 15 is 0 Å². The molecule has 32 heavy (non-hydrogen) atoms. The molecule has 0 bridgehead atoms. The van der Waals surface area contributed by atoms with Gasteiger partial charge in [-0.1, -0.05) is 23.2 Å². The second-order valence-electron chi connectivity index (χ2n) is 8.02. The van der Waals surface area contributed by atoms with E-state index in [9.17, 15) is 9.90 Å². The number of carboxylic acid groups (broad SMARTS) is 1. The largest absolute Gasteiger partial charge is 0.465 e. The fourth-order valence-corrected chi connectivity index (χ4v) is 4.77. The number of ether oxygens (including phenoxy) is 2. The molecular weight excluding hydrogens is 457 g/mol. The van der Waals surface area contributed by atoms with Crippen LogP contribution in [0.25, 0.3) is 22.2 Å². The minimum Gasteiger partial charge on any atom is -0.465 e. The first kappa shape index (κ1) is 21.5.